The van der Waals surface area contributed by atoms with Gasteiger partial charge < -0.3 is 25.2 Å². The van der Waals surface area contributed by atoms with Crippen LogP contribution >= 0.6 is 0 Å². The van der Waals surface area contributed by atoms with Crippen LogP contribution in [0.25, 0.3) is 11.1 Å². The largest absolute Gasteiger partial charge is 0.494 e. The van der Waals surface area contributed by atoms with Gasteiger partial charge in [-0.2, -0.15) is 13.2 Å². The molecule has 0 radical (unpaired) electrons. The Kier molecular flexibility index (Phi) is 10.5. The van der Waals surface area contributed by atoms with Crippen molar-refractivity contribution in [3.63, 3.8) is 0 Å². The Morgan fingerprint density at radius 3 is 2.60 bits per heavy atom. The third kappa shape index (κ3) is 7.26. The van der Waals surface area contributed by atoms with E-state index in [0.29, 0.717) is 45.3 Å². The third-order valence-corrected chi connectivity index (χ3v) is 8.70. The third-order valence-electron chi connectivity index (χ3n) is 8.70. The van der Waals surface area contributed by atoms with Crippen molar-refractivity contribution in [2.45, 2.75) is 76.1 Å². The van der Waals surface area contributed by atoms with Gasteiger partial charge in [0.25, 0.3) is 0 Å². The molecule has 2 aromatic rings. The highest BCUT2D eigenvalue weighted by Crippen LogP contribution is 2.46. The number of benzene rings is 2. The average Bonchev–Trinajstić information content (AvgIpc) is 3.40. The van der Waals surface area contributed by atoms with Crippen LogP contribution in [0, 0.1) is 17.7 Å². The molecule has 4 rings (SSSR count). The van der Waals surface area contributed by atoms with Crippen LogP contribution in [0.1, 0.15) is 69.4 Å². The number of carbonyl (C=O) groups is 1. The normalized spacial score (nSPS) is 22.7. The van der Waals surface area contributed by atoms with E-state index in [2.05, 4.69) is 0 Å². The minimum atomic E-state index is -4.68. The molecular formula is C32H42F4N2O4. The number of carbonyl (C=O) groups excluding carboxylic acids is 1. The topological polar surface area (TPSA) is 85.0 Å². The standard InChI is InChI=1S/C32H42F4N2O4/c1-3-42-26-18-22(16-24(19-26)32(34,35)36)29-27(9-6-10-28(29)33)31(40,13-4-5-15-41-2)23-8-7-14-38(20-23)30(39)21-11-12-25(37)17-21/h6,9-10,16,18-19,21,23,25,40H,3-5,7-8,11-15,17,20,37H2,1-2H3/t21-,23-,25+,31+/m1/s1. The lowest BCUT2D eigenvalue weighted by molar-refractivity contribution is -0.141. The number of aliphatic hydroxyl groups is 1. The predicted molar refractivity (Wildman–Crippen MR) is 152 cm³/mol. The summed E-state index contributed by atoms with van der Waals surface area (Å²) in [5.74, 6) is -1.36. The summed E-state index contributed by atoms with van der Waals surface area (Å²) in [5, 5.41) is 12.6. The highest BCUT2D eigenvalue weighted by Gasteiger charge is 2.44. The van der Waals surface area contributed by atoms with Crippen molar-refractivity contribution in [3.05, 3.63) is 53.3 Å². The highest BCUT2D eigenvalue weighted by atomic mass is 19.4. The molecule has 4 atom stereocenters. The molecule has 1 heterocycles. The fraction of sp³-hybridized carbons (Fsp3) is 0.594. The molecule has 2 fully saturated rings. The number of hydrogen-bond donors (Lipinski definition) is 2. The summed E-state index contributed by atoms with van der Waals surface area (Å²) in [4.78, 5) is 15.2. The number of halogens is 4. The van der Waals surface area contributed by atoms with E-state index in [1.807, 2.05) is 0 Å². The first-order valence-corrected chi connectivity index (χ1v) is 14.9. The van der Waals surface area contributed by atoms with E-state index < -0.39 is 29.1 Å². The van der Waals surface area contributed by atoms with Crippen molar-refractivity contribution in [3.8, 4) is 16.9 Å². The molecule has 0 aromatic heterocycles. The van der Waals surface area contributed by atoms with Crippen molar-refractivity contribution in [1.29, 1.82) is 0 Å². The fourth-order valence-electron chi connectivity index (χ4n) is 6.60. The van der Waals surface area contributed by atoms with Crippen LogP contribution in [0.4, 0.5) is 17.6 Å². The van der Waals surface area contributed by atoms with E-state index in [0.717, 1.165) is 25.0 Å². The van der Waals surface area contributed by atoms with Gasteiger partial charge in [0, 0.05) is 50.2 Å². The molecule has 1 amide bonds. The number of hydrogen-bond acceptors (Lipinski definition) is 5. The van der Waals surface area contributed by atoms with Crippen molar-refractivity contribution in [1.82, 2.24) is 4.90 Å². The molecule has 0 bridgehead atoms. The number of nitrogens with zero attached hydrogens (tertiary/aromatic N) is 1. The lowest BCUT2D eigenvalue weighted by Gasteiger charge is -2.44. The molecule has 1 aliphatic carbocycles. The molecule has 2 aromatic carbocycles. The van der Waals surface area contributed by atoms with Gasteiger partial charge in [-0.25, -0.2) is 4.39 Å². The van der Waals surface area contributed by atoms with Gasteiger partial charge in [-0.05, 0) is 93.7 Å². The van der Waals surface area contributed by atoms with Crippen LogP contribution in [-0.2, 0) is 21.3 Å². The van der Waals surface area contributed by atoms with Gasteiger partial charge in [-0.1, -0.05) is 12.1 Å². The summed E-state index contributed by atoms with van der Waals surface area (Å²) < 4.78 is 68.0. The van der Waals surface area contributed by atoms with Crippen molar-refractivity contribution < 1.29 is 36.9 Å². The summed E-state index contributed by atoms with van der Waals surface area (Å²) in [6.07, 6.45) is 0.106. The molecule has 1 saturated heterocycles. The number of rotatable bonds is 11. The molecule has 1 aliphatic heterocycles. The van der Waals surface area contributed by atoms with Crippen LogP contribution in [0.3, 0.4) is 0 Å². The molecule has 2 aliphatic rings. The lowest BCUT2D eigenvalue weighted by atomic mass is 9.71. The van der Waals surface area contributed by atoms with Crippen LogP contribution < -0.4 is 10.5 Å². The van der Waals surface area contributed by atoms with Crippen LogP contribution in [0.5, 0.6) is 5.75 Å². The number of likely N-dealkylation sites (tertiary alicyclic amines) is 1. The summed E-state index contributed by atoms with van der Waals surface area (Å²) in [6.45, 7) is 3.08. The van der Waals surface area contributed by atoms with Gasteiger partial charge in [-0.3, -0.25) is 4.79 Å². The van der Waals surface area contributed by atoms with Crippen molar-refractivity contribution >= 4 is 5.91 Å². The summed E-state index contributed by atoms with van der Waals surface area (Å²) >= 11 is 0. The minimum absolute atomic E-state index is 0.00106. The molecule has 6 nitrogen and oxygen atoms in total. The van der Waals surface area contributed by atoms with Crippen LogP contribution in [0.15, 0.2) is 36.4 Å². The number of ether oxygens (including phenoxy) is 2. The second-order valence-corrected chi connectivity index (χ2v) is 11.6. The van der Waals surface area contributed by atoms with E-state index in [9.17, 15) is 23.1 Å². The van der Waals surface area contributed by atoms with Gasteiger partial charge in [0.05, 0.1) is 17.8 Å². The Balaban J connectivity index is 1.78. The Morgan fingerprint density at radius 1 is 1.14 bits per heavy atom. The smallest absolute Gasteiger partial charge is 0.416 e. The summed E-state index contributed by atoms with van der Waals surface area (Å²) in [7, 11) is 1.58. The fourth-order valence-corrected chi connectivity index (χ4v) is 6.60. The molecule has 0 unspecified atom stereocenters. The Bertz CT molecular complexity index is 1220. The number of alkyl halides is 3. The molecule has 42 heavy (non-hydrogen) atoms. The van der Waals surface area contributed by atoms with E-state index >= 15 is 4.39 Å². The Labute approximate surface area is 245 Å². The Morgan fingerprint density at radius 2 is 1.93 bits per heavy atom. The van der Waals surface area contributed by atoms with E-state index in [1.54, 1.807) is 25.0 Å². The zero-order valence-electron chi connectivity index (χ0n) is 24.4. The van der Waals surface area contributed by atoms with Crippen LogP contribution in [0.2, 0.25) is 0 Å². The minimum Gasteiger partial charge on any atom is -0.494 e. The quantitative estimate of drug-likeness (QED) is 0.236. The molecule has 0 spiro atoms. The number of methoxy groups -OCH3 is 1. The van der Waals surface area contributed by atoms with Crippen molar-refractivity contribution in [2.75, 3.05) is 33.4 Å². The summed E-state index contributed by atoms with van der Waals surface area (Å²) in [5.41, 5.74) is 3.57. The van der Waals surface area contributed by atoms with E-state index in [4.69, 9.17) is 15.2 Å². The maximum absolute atomic E-state index is 15.7. The zero-order valence-corrected chi connectivity index (χ0v) is 24.4. The first-order valence-electron chi connectivity index (χ1n) is 14.9. The summed E-state index contributed by atoms with van der Waals surface area (Å²) in [6, 6.07) is 7.42. The average molecular weight is 595 g/mol. The number of amides is 1. The first kappa shape index (κ1) is 32.2. The highest BCUT2D eigenvalue weighted by molar-refractivity contribution is 5.79. The predicted octanol–water partition coefficient (Wildman–Crippen LogP) is 6.28. The van der Waals surface area contributed by atoms with E-state index in [1.165, 1.54) is 18.2 Å². The molecule has 10 heteroatoms. The second kappa shape index (κ2) is 13.7. The van der Waals surface area contributed by atoms with Crippen LogP contribution in [-0.4, -0.2) is 55.4 Å². The number of nitrogens with two attached hydrogens (primary N) is 1. The maximum Gasteiger partial charge on any atom is 0.416 e. The maximum atomic E-state index is 15.7. The molecular weight excluding hydrogens is 552 g/mol. The Hall–Kier alpha value is -2.69. The zero-order chi connectivity index (χ0) is 30.5. The first-order chi connectivity index (χ1) is 20.0. The molecule has 1 saturated carbocycles. The van der Waals surface area contributed by atoms with Gasteiger partial charge in [-0.15, -0.1) is 0 Å². The van der Waals surface area contributed by atoms with Gasteiger partial charge >= 0.3 is 6.18 Å². The molecule has 3 N–H and O–H groups in total. The number of piperidine rings is 1. The second-order valence-electron chi connectivity index (χ2n) is 11.6. The lowest BCUT2D eigenvalue weighted by Crippen LogP contribution is -2.49. The monoisotopic (exact) mass is 594 g/mol. The SMILES string of the molecule is CCOc1cc(-c2c(F)cccc2[C@](O)(CCCCOC)[C@@H]2CCCN(C(=O)[C@@H]3CC[C@H](N)C3)C2)cc(C(F)(F)F)c1. The number of unbranched alkanes of at least 4 members (excludes halogenated alkanes) is 1. The van der Waals surface area contributed by atoms with Crippen molar-refractivity contribution in [2.24, 2.45) is 17.6 Å². The van der Waals surface area contributed by atoms with Gasteiger partial charge in [0.15, 0.2) is 0 Å². The van der Waals surface area contributed by atoms with Gasteiger partial charge in [0.1, 0.15) is 11.6 Å². The van der Waals surface area contributed by atoms with E-state index in [-0.39, 0.29) is 59.9 Å². The molecule has 232 valence electrons. The van der Waals surface area contributed by atoms with Gasteiger partial charge in [0.2, 0.25) is 5.91 Å².